The molecule has 1 N–H and O–H groups in total. The second kappa shape index (κ2) is 7.75. The molecular weight excluding hydrogens is 376 g/mol. The SMILES string of the molecule is COC(=O)c1ccccc1S(=O)(=O)N1CCNCC1c1cccc(Cl)c1. The third kappa shape index (κ3) is 3.61. The Bertz CT molecular complexity index is 917. The fraction of sp³-hybridized carbons (Fsp3) is 0.278. The Morgan fingerprint density at radius 1 is 1.23 bits per heavy atom. The Morgan fingerprint density at radius 2 is 2.00 bits per heavy atom. The van der Waals surface area contributed by atoms with Gasteiger partial charge in [-0.1, -0.05) is 35.9 Å². The minimum atomic E-state index is -3.91. The van der Waals surface area contributed by atoms with Crippen LogP contribution in [0.5, 0.6) is 0 Å². The van der Waals surface area contributed by atoms with E-state index in [-0.39, 0.29) is 17.0 Å². The summed E-state index contributed by atoms with van der Waals surface area (Å²) in [7, 11) is -2.68. The summed E-state index contributed by atoms with van der Waals surface area (Å²) < 4.78 is 32.9. The predicted octanol–water partition coefficient (Wildman–Crippen LogP) is 2.46. The first-order valence-corrected chi connectivity index (χ1v) is 9.92. The summed E-state index contributed by atoms with van der Waals surface area (Å²) in [6, 6.07) is 12.8. The Morgan fingerprint density at radius 3 is 2.73 bits per heavy atom. The van der Waals surface area contributed by atoms with E-state index in [9.17, 15) is 13.2 Å². The van der Waals surface area contributed by atoms with Gasteiger partial charge in [-0.15, -0.1) is 0 Å². The predicted molar refractivity (Wildman–Crippen MR) is 98.7 cm³/mol. The van der Waals surface area contributed by atoms with Crippen LogP contribution in [0.3, 0.4) is 0 Å². The Balaban J connectivity index is 2.06. The Hall–Kier alpha value is -1.93. The van der Waals surface area contributed by atoms with Crippen LogP contribution >= 0.6 is 11.6 Å². The maximum atomic E-state index is 13.4. The first kappa shape index (κ1) is 18.8. The number of halogens is 1. The number of methoxy groups -OCH3 is 1. The molecule has 1 unspecified atom stereocenters. The molecule has 0 aromatic heterocycles. The van der Waals surface area contributed by atoms with Crippen LogP contribution in [0.1, 0.15) is 22.0 Å². The van der Waals surface area contributed by atoms with Crippen molar-refractivity contribution < 1.29 is 17.9 Å². The molecule has 1 heterocycles. The van der Waals surface area contributed by atoms with E-state index in [0.29, 0.717) is 18.1 Å². The molecule has 0 bridgehead atoms. The number of rotatable bonds is 4. The van der Waals surface area contributed by atoms with Crippen molar-refractivity contribution in [3.8, 4) is 0 Å². The molecule has 1 atom stereocenters. The lowest BCUT2D eigenvalue weighted by molar-refractivity contribution is 0.0596. The quantitative estimate of drug-likeness (QED) is 0.806. The van der Waals surface area contributed by atoms with Crippen molar-refractivity contribution in [3.63, 3.8) is 0 Å². The monoisotopic (exact) mass is 394 g/mol. The molecule has 0 saturated carbocycles. The summed E-state index contributed by atoms with van der Waals surface area (Å²) in [5, 5.41) is 3.76. The van der Waals surface area contributed by atoms with Crippen molar-refractivity contribution in [1.29, 1.82) is 0 Å². The lowest BCUT2D eigenvalue weighted by Crippen LogP contribution is -2.48. The number of carbonyl (C=O) groups excluding carboxylic acids is 1. The highest BCUT2D eigenvalue weighted by Gasteiger charge is 2.36. The summed E-state index contributed by atoms with van der Waals surface area (Å²) in [4.78, 5) is 12.0. The summed E-state index contributed by atoms with van der Waals surface area (Å²) in [5.41, 5.74) is 0.821. The van der Waals surface area contributed by atoms with Gasteiger partial charge in [0.05, 0.1) is 23.6 Å². The van der Waals surface area contributed by atoms with Gasteiger partial charge in [-0.25, -0.2) is 13.2 Å². The van der Waals surface area contributed by atoms with Gasteiger partial charge in [-0.2, -0.15) is 4.31 Å². The van der Waals surface area contributed by atoms with E-state index >= 15 is 0 Å². The first-order valence-electron chi connectivity index (χ1n) is 8.10. The van der Waals surface area contributed by atoms with Gasteiger partial charge in [0.1, 0.15) is 0 Å². The lowest BCUT2D eigenvalue weighted by atomic mass is 10.1. The Kier molecular flexibility index (Phi) is 5.62. The average Bonchev–Trinajstić information content (AvgIpc) is 2.67. The molecule has 3 rings (SSSR count). The molecule has 0 radical (unpaired) electrons. The van der Waals surface area contributed by atoms with E-state index in [4.69, 9.17) is 16.3 Å². The molecule has 0 aliphatic carbocycles. The zero-order valence-corrected chi connectivity index (χ0v) is 15.8. The minimum absolute atomic E-state index is 0.0263. The van der Waals surface area contributed by atoms with Crippen molar-refractivity contribution in [2.24, 2.45) is 0 Å². The number of ether oxygens (including phenoxy) is 1. The zero-order valence-electron chi connectivity index (χ0n) is 14.2. The van der Waals surface area contributed by atoms with Crippen LogP contribution in [-0.2, 0) is 14.8 Å². The molecule has 26 heavy (non-hydrogen) atoms. The highest BCUT2D eigenvalue weighted by Crippen LogP contribution is 2.31. The van der Waals surface area contributed by atoms with Crippen LogP contribution in [-0.4, -0.2) is 45.4 Å². The third-order valence-corrected chi connectivity index (χ3v) is 6.51. The van der Waals surface area contributed by atoms with Gasteiger partial charge in [0.15, 0.2) is 0 Å². The maximum Gasteiger partial charge on any atom is 0.339 e. The number of benzene rings is 2. The van der Waals surface area contributed by atoms with Crippen molar-refractivity contribution in [1.82, 2.24) is 9.62 Å². The number of esters is 1. The van der Waals surface area contributed by atoms with E-state index in [0.717, 1.165) is 5.56 Å². The molecule has 6 nitrogen and oxygen atoms in total. The molecule has 0 amide bonds. The standard InChI is InChI=1S/C18H19ClN2O4S/c1-25-18(22)15-7-2-3-8-17(15)26(23,24)21-10-9-20-12-16(21)13-5-4-6-14(19)11-13/h2-8,11,16,20H,9-10,12H2,1H3. The molecule has 1 aliphatic rings. The molecule has 8 heteroatoms. The highest BCUT2D eigenvalue weighted by molar-refractivity contribution is 7.89. The van der Waals surface area contributed by atoms with Gasteiger partial charge in [-0.3, -0.25) is 0 Å². The number of hydrogen-bond donors (Lipinski definition) is 1. The highest BCUT2D eigenvalue weighted by atomic mass is 35.5. The van der Waals surface area contributed by atoms with Crippen molar-refractivity contribution in [2.75, 3.05) is 26.7 Å². The fourth-order valence-electron chi connectivity index (χ4n) is 3.07. The first-order chi connectivity index (χ1) is 12.4. The number of hydrogen-bond acceptors (Lipinski definition) is 5. The number of carbonyl (C=O) groups is 1. The molecule has 1 fully saturated rings. The van der Waals surface area contributed by atoms with Gasteiger partial charge in [0.25, 0.3) is 0 Å². The van der Waals surface area contributed by atoms with Crippen LogP contribution in [0, 0.1) is 0 Å². The Labute approximate surface area is 157 Å². The van der Waals surface area contributed by atoms with Gasteiger partial charge < -0.3 is 10.1 Å². The van der Waals surface area contributed by atoms with Crippen LogP contribution in [0.15, 0.2) is 53.4 Å². The third-order valence-electron chi connectivity index (χ3n) is 4.31. The van der Waals surface area contributed by atoms with Gasteiger partial charge in [0.2, 0.25) is 10.0 Å². The minimum Gasteiger partial charge on any atom is -0.465 e. The van der Waals surface area contributed by atoms with Crippen LogP contribution in [0.4, 0.5) is 0 Å². The summed E-state index contributed by atoms with van der Waals surface area (Å²) in [6.07, 6.45) is 0. The van der Waals surface area contributed by atoms with Crippen molar-refractivity contribution in [3.05, 3.63) is 64.7 Å². The molecular formula is C18H19ClN2O4S. The second-order valence-electron chi connectivity index (χ2n) is 5.88. The van der Waals surface area contributed by atoms with E-state index in [1.165, 1.54) is 23.5 Å². The summed E-state index contributed by atoms with van der Waals surface area (Å²) >= 11 is 6.08. The summed E-state index contributed by atoms with van der Waals surface area (Å²) in [5.74, 6) is -0.682. The van der Waals surface area contributed by atoms with Gasteiger partial charge >= 0.3 is 5.97 Å². The van der Waals surface area contributed by atoms with Crippen molar-refractivity contribution >= 4 is 27.6 Å². The van der Waals surface area contributed by atoms with E-state index < -0.39 is 22.0 Å². The smallest absolute Gasteiger partial charge is 0.339 e. The van der Waals surface area contributed by atoms with E-state index in [1.807, 2.05) is 6.07 Å². The molecule has 138 valence electrons. The normalized spacial score (nSPS) is 18.5. The van der Waals surface area contributed by atoms with E-state index in [1.54, 1.807) is 30.3 Å². The van der Waals surface area contributed by atoms with Crippen molar-refractivity contribution in [2.45, 2.75) is 10.9 Å². The molecule has 1 saturated heterocycles. The van der Waals surface area contributed by atoms with Crippen LogP contribution in [0.25, 0.3) is 0 Å². The zero-order chi connectivity index (χ0) is 18.7. The molecule has 2 aromatic rings. The van der Waals surface area contributed by atoms with Crippen LogP contribution in [0.2, 0.25) is 5.02 Å². The lowest BCUT2D eigenvalue weighted by Gasteiger charge is -2.35. The van der Waals surface area contributed by atoms with E-state index in [2.05, 4.69) is 5.32 Å². The second-order valence-corrected chi connectivity index (χ2v) is 8.17. The average molecular weight is 395 g/mol. The molecule has 0 spiro atoms. The number of nitrogens with one attached hydrogen (secondary N) is 1. The topological polar surface area (TPSA) is 75.7 Å². The van der Waals surface area contributed by atoms with Gasteiger partial charge in [0, 0.05) is 24.7 Å². The maximum absolute atomic E-state index is 13.4. The molecule has 2 aromatic carbocycles. The number of nitrogens with zero attached hydrogens (tertiary/aromatic N) is 1. The largest absolute Gasteiger partial charge is 0.465 e. The fourth-order valence-corrected chi connectivity index (χ4v) is 5.06. The summed E-state index contributed by atoms with van der Waals surface area (Å²) in [6.45, 7) is 1.27. The molecule has 1 aliphatic heterocycles. The van der Waals surface area contributed by atoms with Gasteiger partial charge in [-0.05, 0) is 29.8 Å². The number of sulfonamides is 1. The van der Waals surface area contributed by atoms with Crippen LogP contribution < -0.4 is 5.32 Å². The number of piperazine rings is 1.